The Morgan fingerprint density at radius 3 is 2.00 bits per heavy atom. The topological polar surface area (TPSA) is 125 Å². The number of aliphatic carboxylic acids is 1. The van der Waals surface area contributed by atoms with Crippen LogP contribution in [-0.4, -0.2) is 91.2 Å². The maximum atomic E-state index is 13.7. The summed E-state index contributed by atoms with van der Waals surface area (Å²) >= 11 is 0. The van der Waals surface area contributed by atoms with Gasteiger partial charge in [0.05, 0.1) is 24.6 Å². The lowest BCUT2D eigenvalue weighted by Crippen LogP contribution is -2.59. The molecule has 0 saturated carbocycles. The van der Waals surface area contributed by atoms with Crippen LogP contribution in [0.15, 0.2) is 0 Å². The number of unbranched alkanes of at least 4 members (excludes halogenated alkanes) is 3. The van der Waals surface area contributed by atoms with Crippen LogP contribution in [0.4, 0.5) is 0 Å². The number of hydrogen-bond acceptors (Lipinski definition) is 6. The van der Waals surface area contributed by atoms with Gasteiger partial charge >= 0.3 is 5.97 Å². The third-order valence-electron chi connectivity index (χ3n) is 7.15. The van der Waals surface area contributed by atoms with Crippen molar-refractivity contribution in [3.05, 3.63) is 0 Å². The Hall–Kier alpha value is -1.71. The van der Waals surface area contributed by atoms with Crippen molar-refractivity contribution in [2.24, 2.45) is 23.5 Å². The van der Waals surface area contributed by atoms with Crippen LogP contribution in [-0.2, 0) is 19.1 Å². The smallest absolute Gasteiger partial charge is 0.306 e. The number of methoxy groups -OCH3 is 1. The summed E-state index contributed by atoms with van der Waals surface area (Å²) in [7, 11) is 5.11. The second kappa shape index (κ2) is 17.7. The molecule has 5 atom stereocenters. The molecule has 0 radical (unpaired) electrons. The fourth-order valence-electron chi connectivity index (χ4n) is 4.88. The van der Waals surface area contributed by atoms with Gasteiger partial charge in [0.15, 0.2) is 0 Å². The number of carboxylic acids is 1. The first kappa shape index (κ1) is 34.3. The van der Waals surface area contributed by atoms with Gasteiger partial charge in [0.1, 0.15) is 6.04 Å². The molecule has 0 saturated heterocycles. The second-order valence-corrected chi connectivity index (χ2v) is 10.8. The van der Waals surface area contributed by atoms with E-state index in [1.54, 1.807) is 11.9 Å². The van der Waals surface area contributed by atoms with E-state index in [4.69, 9.17) is 10.5 Å². The molecular weight excluding hydrogens is 460 g/mol. The highest BCUT2D eigenvalue weighted by Gasteiger charge is 2.38. The molecule has 0 heterocycles. The molecule has 0 bridgehead atoms. The number of nitrogens with two attached hydrogens (primary N) is 1. The van der Waals surface area contributed by atoms with E-state index in [2.05, 4.69) is 10.2 Å². The van der Waals surface area contributed by atoms with Crippen molar-refractivity contribution < 1.29 is 24.2 Å². The van der Waals surface area contributed by atoms with Gasteiger partial charge in [0, 0.05) is 14.2 Å². The van der Waals surface area contributed by atoms with Crippen molar-refractivity contribution in [2.75, 3.05) is 34.3 Å². The number of nitrogens with zero attached hydrogens (tertiary/aromatic N) is 2. The van der Waals surface area contributed by atoms with Gasteiger partial charge in [-0.2, -0.15) is 0 Å². The van der Waals surface area contributed by atoms with Crippen molar-refractivity contribution in [3.8, 4) is 0 Å². The van der Waals surface area contributed by atoms with Gasteiger partial charge in [-0.05, 0) is 50.7 Å². The minimum absolute atomic E-state index is 0.0144. The summed E-state index contributed by atoms with van der Waals surface area (Å²) in [4.78, 5) is 42.3. The lowest BCUT2D eigenvalue weighted by Gasteiger charge is -2.40. The first-order chi connectivity index (χ1) is 16.8. The standard InChI is InChI=1S/C27H54N4O5/c1-10-20(6)25(21(36-9)17-22(32)33)31(8)27(35)23(18(2)3)29-26(34)24(19(4)5)30(7)16-14-12-11-13-15-28/h18-21,23-25H,10-17,28H2,1-9H3,(H,29,34)(H,32,33). The third kappa shape index (κ3) is 11.1. The van der Waals surface area contributed by atoms with E-state index in [0.717, 1.165) is 38.6 Å². The number of carboxylic acid groups (broad SMARTS) is 1. The fourth-order valence-corrected chi connectivity index (χ4v) is 4.88. The molecule has 0 fully saturated rings. The summed E-state index contributed by atoms with van der Waals surface area (Å²) in [6.45, 7) is 13.3. The first-order valence-corrected chi connectivity index (χ1v) is 13.6. The number of carbonyl (C=O) groups is 3. The zero-order chi connectivity index (χ0) is 28.0. The first-order valence-electron chi connectivity index (χ1n) is 13.6. The van der Waals surface area contributed by atoms with Gasteiger partial charge in [-0.25, -0.2) is 0 Å². The summed E-state index contributed by atoms with van der Waals surface area (Å²) in [5, 5.41) is 12.4. The van der Waals surface area contributed by atoms with Crippen LogP contribution in [0.5, 0.6) is 0 Å². The molecule has 0 aromatic carbocycles. The normalized spacial score (nSPS) is 16.0. The molecular formula is C27H54N4O5. The Balaban J connectivity index is 5.67. The highest BCUT2D eigenvalue weighted by molar-refractivity contribution is 5.90. The molecule has 9 heteroatoms. The molecule has 0 aromatic heterocycles. The van der Waals surface area contributed by atoms with Crippen LogP contribution in [0.2, 0.25) is 0 Å². The monoisotopic (exact) mass is 514 g/mol. The number of hydrogen-bond donors (Lipinski definition) is 3. The van der Waals surface area contributed by atoms with Crippen LogP contribution in [0, 0.1) is 17.8 Å². The summed E-state index contributed by atoms with van der Waals surface area (Å²) in [5.41, 5.74) is 5.58. The van der Waals surface area contributed by atoms with E-state index in [9.17, 15) is 19.5 Å². The summed E-state index contributed by atoms with van der Waals surface area (Å²) in [6, 6.07) is -1.52. The van der Waals surface area contributed by atoms with Gasteiger partial charge in [-0.1, -0.05) is 60.8 Å². The molecule has 0 aliphatic rings. The summed E-state index contributed by atoms with van der Waals surface area (Å²) in [5.74, 6) is -1.43. The van der Waals surface area contributed by atoms with Gasteiger partial charge < -0.3 is 25.8 Å². The largest absolute Gasteiger partial charge is 0.481 e. The summed E-state index contributed by atoms with van der Waals surface area (Å²) < 4.78 is 5.53. The Morgan fingerprint density at radius 1 is 0.972 bits per heavy atom. The minimum Gasteiger partial charge on any atom is -0.481 e. The van der Waals surface area contributed by atoms with Gasteiger partial charge in [-0.3, -0.25) is 19.3 Å². The van der Waals surface area contributed by atoms with Crippen molar-refractivity contribution in [1.29, 1.82) is 0 Å². The minimum atomic E-state index is -0.976. The quantitative estimate of drug-likeness (QED) is 0.226. The average molecular weight is 515 g/mol. The molecule has 2 amide bonds. The lowest BCUT2D eigenvalue weighted by atomic mass is 9.90. The molecule has 0 aromatic rings. The lowest BCUT2D eigenvalue weighted by molar-refractivity contribution is -0.148. The molecule has 36 heavy (non-hydrogen) atoms. The van der Waals surface area contributed by atoms with E-state index in [1.807, 2.05) is 48.6 Å². The maximum Gasteiger partial charge on any atom is 0.306 e. The van der Waals surface area contributed by atoms with Gasteiger partial charge in [0.2, 0.25) is 11.8 Å². The van der Waals surface area contributed by atoms with Crippen LogP contribution in [0.3, 0.4) is 0 Å². The average Bonchev–Trinajstić information content (AvgIpc) is 2.80. The Morgan fingerprint density at radius 2 is 1.56 bits per heavy atom. The van der Waals surface area contributed by atoms with Crippen LogP contribution in [0.25, 0.3) is 0 Å². The second-order valence-electron chi connectivity index (χ2n) is 10.8. The molecule has 0 aliphatic carbocycles. The van der Waals surface area contributed by atoms with Crippen molar-refractivity contribution in [1.82, 2.24) is 15.1 Å². The Labute approximate surface area is 219 Å². The van der Waals surface area contributed by atoms with Gasteiger partial charge in [0.25, 0.3) is 0 Å². The number of nitrogens with one attached hydrogen (secondary N) is 1. The van der Waals surface area contributed by atoms with Crippen molar-refractivity contribution in [2.45, 2.75) is 104 Å². The molecule has 9 nitrogen and oxygen atoms in total. The molecule has 0 rings (SSSR count). The van der Waals surface area contributed by atoms with E-state index in [1.165, 1.54) is 7.11 Å². The van der Waals surface area contributed by atoms with Crippen molar-refractivity contribution >= 4 is 17.8 Å². The zero-order valence-corrected chi connectivity index (χ0v) is 24.3. The number of carbonyl (C=O) groups excluding carboxylic acids is 2. The number of rotatable bonds is 19. The van der Waals surface area contributed by atoms with Crippen LogP contribution in [0.1, 0.15) is 80.1 Å². The van der Waals surface area contributed by atoms with Crippen LogP contribution < -0.4 is 11.1 Å². The highest BCUT2D eigenvalue weighted by Crippen LogP contribution is 2.23. The Bertz CT molecular complexity index is 658. The molecule has 0 aliphatic heterocycles. The van der Waals surface area contributed by atoms with Gasteiger partial charge in [-0.15, -0.1) is 0 Å². The predicted molar refractivity (Wildman–Crippen MR) is 145 cm³/mol. The van der Waals surface area contributed by atoms with Crippen molar-refractivity contribution in [3.63, 3.8) is 0 Å². The molecule has 212 valence electrons. The number of amides is 2. The van der Waals surface area contributed by atoms with Crippen LogP contribution >= 0.6 is 0 Å². The predicted octanol–water partition coefficient (Wildman–Crippen LogP) is 2.97. The maximum absolute atomic E-state index is 13.7. The summed E-state index contributed by atoms with van der Waals surface area (Å²) in [6.07, 6.45) is 4.06. The Kier molecular flexibility index (Phi) is 16.9. The highest BCUT2D eigenvalue weighted by atomic mass is 16.5. The SMILES string of the molecule is CCC(C)C(C(CC(=O)O)OC)N(C)C(=O)C(NC(=O)C(C(C)C)N(C)CCCCCCN)C(C)C. The molecule has 4 N–H and O–H groups in total. The number of ether oxygens (including phenoxy) is 1. The fraction of sp³-hybridized carbons (Fsp3) is 0.889. The van der Waals surface area contributed by atoms with E-state index < -0.39 is 24.2 Å². The molecule has 0 spiro atoms. The van der Waals surface area contributed by atoms with E-state index in [0.29, 0.717) is 6.54 Å². The number of likely N-dealkylation sites (N-methyl/N-ethyl adjacent to an activating group) is 2. The van der Waals surface area contributed by atoms with E-state index >= 15 is 0 Å². The molecule has 5 unspecified atom stereocenters. The third-order valence-corrected chi connectivity index (χ3v) is 7.15. The zero-order valence-electron chi connectivity index (χ0n) is 24.3. The van der Waals surface area contributed by atoms with E-state index in [-0.39, 0.29) is 42.0 Å².